The van der Waals surface area contributed by atoms with Crippen LogP contribution >= 0.6 is 22.9 Å². The summed E-state index contributed by atoms with van der Waals surface area (Å²) in [5.74, 6) is 0.805. The fraction of sp³-hybridized carbons (Fsp3) is 0.615. The van der Waals surface area contributed by atoms with Crippen molar-refractivity contribution in [1.82, 2.24) is 9.80 Å². The van der Waals surface area contributed by atoms with Crippen LogP contribution in [0.15, 0.2) is 12.1 Å². The van der Waals surface area contributed by atoms with E-state index in [4.69, 9.17) is 11.6 Å². The molecule has 0 saturated carbocycles. The molecule has 0 radical (unpaired) electrons. The van der Waals surface area contributed by atoms with Crippen molar-refractivity contribution in [3.05, 3.63) is 21.3 Å². The summed E-state index contributed by atoms with van der Waals surface area (Å²) in [6.07, 6.45) is 0. The van der Waals surface area contributed by atoms with Crippen molar-refractivity contribution in [3.8, 4) is 0 Å². The topological polar surface area (TPSA) is 23.6 Å². The third-order valence-electron chi connectivity index (χ3n) is 3.07. The van der Waals surface area contributed by atoms with Crippen molar-refractivity contribution in [2.24, 2.45) is 5.92 Å². The number of hydrogen-bond donors (Lipinski definition) is 0. The lowest BCUT2D eigenvalue weighted by molar-refractivity contribution is 0.0628. The minimum Gasteiger partial charge on any atom is -0.335 e. The van der Waals surface area contributed by atoms with Gasteiger partial charge in [-0.2, -0.15) is 0 Å². The van der Waals surface area contributed by atoms with Crippen LogP contribution in [0, 0.1) is 5.92 Å². The molecule has 1 aliphatic heterocycles. The zero-order valence-electron chi connectivity index (χ0n) is 10.9. The Hall–Kier alpha value is -0.580. The molecule has 3 nitrogen and oxygen atoms in total. The van der Waals surface area contributed by atoms with Crippen LogP contribution < -0.4 is 0 Å². The van der Waals surface area contributed by atoms with Crippen LogP contribution in [-0.2, 0) is 0 Å². The molecule has 0 unspecified atom stereocenters. The zero-order valence-corrected chi connectivity index (χ0v) is 12.4. The molecule has 1 saturated heterocycles. The molecule has 0 aromatic carbocycles. The summed E-state index contributed by atoms with van der Waals surface area (Å²) in [7, 11) is 0. The highest BCUT2D eigenvalue weighted by Gasteiger charge is 2.23. The van der Waals surface area contributed by atoms with Crippen LogP contribution in [0.4, 0.5) is 0 Å². The first-order valence-corrected chi connectivity index (χ1v) is 7.52. The largest absolute Gasteiger partial charge is 0.335 e. The Bertz CT molecular complexity index is 411. The van der Waals surface area contributed by atoms with Crippen molar-refractivity contribution in [2.75, 3.05) is 32.7 Å². The first-order valence-electron chi connectivity index (χ1n) is 6.33. The molecule has 1 aromatic heterocycles. The van der Waals surface area contributed by atoms with Gasteiger partial charge in [0.1, 0.15) is 0 Å². The third-order valence-corrected chi connectivity index (χ3v) is 4.29. The van der Waals surface area contributed by atoms with Crippen molar-refractivity contribution >= 4 is 28.8 Å². The molecule has 0 bridgehead atoms. The van der Waals surface area contributed by atoms with Crippen LogP contribution in [0.5, 0.6) is 0 Å². The maximum atomic E-state index is 12.2. The smallest absolute Gasteiger partial charge is 0.264 e. The summed E-state index contributed by atoms with van der Waals surface area (Å²) in [4.78, 5) is 17.3. The van der Waals surface area contributed by atoms with E-state index in [9.17, 15) is 4.79 Å². The Morgan fingerprint density at radius 3 is 2.50 bits per heavy atom. The molecule has 2 rings (SSSR count). The number of piperazine rings is 1. The maximum Gasteiger partial charge on any atom is 0.264 e. The molecule has 1 aromatic rings. The molecule has 1 fully saturated rings. The van der Waals surface area contributed by atoms with Gasteiger partial charge in [-0.25, -0.2) is 0 Å². The third kappa shape index (κ3) is 3.46. The van der Waals surface area contributed by atoms with Crippen LogP contribution in [0.2, 0.25) is 4.34 Å². The number of halogens is 1. The monoisotopic (exact) mass is 286 g/mol. The Kier molecular flexibility index (Phi) is 4.65. The predicted molar refractivity (Wildman–Crippen MR) is 76.5 cm³/mol. The van der Waals surface area contributed by atoms with Gasteiger partial charge in [0.05, 0.1) is 9.21 Å². The molecular weight excluding hydrogens is 268 g/mol. The Balaban J connectivity index is 1.88. The summed E-state index contributed by atoms with van der Waals surface area (Å²) in [6, 6.07) is 3.60. The normalized spacial score (nSPS) is 17.4. The van der Waals surface area contributed by atoms with E-state index < -0.39 is 0 Å². The molecule has 0 N–H and O–H groups in total. The van der Waals surface area contributed by atoms with E-state index in [2.05, 4.69) is 18.7 Å². The van der Waals surface area contributed by atoms with Gasteiger partial charge < -0.3 is 4.90 Å². The van der Waals surface area contributed by atoms with Crippen LogP contribution in [0.3, 0.4) is 0 Å². The van der Waals surface area contributed by atoms with Crippen molar-refractivity contribution in [3.63, 3.8) is 0 Å². The highest BCUT2D eigenvalue weighted by Crippen LogP contribution is 2.23. The Morgan fingerprint density at radius 1 is 1.33 bits per heavy atom. The van der Waals surface area contributed by atoms with Crippen LogP contribution in [0.1, 0.15) is 23.5 Å². The second kappa shape index (κ2) is 6.04. The van der Waals surface area contributed by atoms with Crippen molar-refractivity contribution in [1.29, 1.82) is 0 Å². The molecule has 100 valence electrons. The van der Waals surface area contributed by atoms with E-state index in [0.717, 1.165) is 37.6 Å². The summed E-state index contributed by atoms with van der Waals surface area (Å²) in [5, 5.41) is 0. The molecule has 0 spiro atoms. The van der Waals surface area contributed by atoms with Gasteiger partial charge in [0.2, 0.25) is 0 Å². The van der Waals surface area contributed by atoms with E-state index in [1.165, 1.54) is 11.3 Å². The van der Waals surface area contributed by atoms with Gasteiger partial charge >= 0.3 is 0 Å². The van der Waals surface area contributed by atoms with Gasteiger partial charge in [-0.1, -0.05) is 25.4 Å². The van der Waals surface area contributed by atoms with Crippen molar-refractivity contribution < 1.29 is 4.79 Å². The van der Waals surface area contributed by atoms with Gasteiger partial charge in [-0.3, -0.25) is 9.69 Å². The van der Waals surface area contributed by atoms with Crippen molar-refractivity contribution in [2.45, 2.75) is 13.8 Å². The molecule has 18 heavy (non-hydrogen) atoms. The van der Waals surface area contributed by atoms with Gasteiger partial charge in [-0.05, 0) is 18.1 Å². The first kappa shape index (κ1) is 13.8. The van der Waals surface area contributed by atoms with E-state index in [-0.39, 0.29) is 5.91 Å². The lowest BCUT2D eigenvalue weighted by Crippen LogP contribution is -2.49. The van der Waals surface area contributed by atoms with E-state index in [1.807, 2.05) is 11.0 Å². The standard InChI is InChI=1S/C13H19ClN2OS/c1-10(2)9-15-5-7-16(8-6-15)13(17)11-3-4-12(14)18-11/h3-4,10H,5-9H2,1-2H3. The van der Waals surface area contributed by atoms with Crippen LogP contribution in [-0.4, -0.2) is 48.4 Å². The minimum absolute atomic E-state index is 0.121. The summed E-state index contributed by atoms with van der Waals surface area (Å²) >= 11 is 7.22. The molecule has 2 heterocycles. The quantitative estimate of drug-likeness (QED) is 0.853. The summed E-state index contributed by atoms with van der Waals surface area (Å²) in [6.45, 7) is 9.16. The average molecular weight is 287 g/mol. The number of nitrogens with zero attached hydrogens (tertiary/aromatic N) is 2. The highest BCUT2D eigenvalue weighted by molar-refractivity contribution is 7.17. The van der Waals surface area contributed by atoms with E-state index >= 15 is 0 Å². The molecule has 1 amide bonds. The SMILES string of the molecule is CC(C)CN1CCN(C(=O)c2ccc(Cl)s2)CC1. The molecule has 0 atom stereocenters. The second-order valence-corrected chi connectivity index (χ2v) is 6.81. The zero-order chi connectivity index (χ0) is 13.1. The average Bonchev–Trinajstić information content (AvgIpc) is 2.75. The fourth-order valence-corrected chi connectivity index (χ4v) is 3.25. The number of rotatable bonds is 3. The number of hydrogen-bond acceptors (Lipinski definition) is 3. The molecule has 5 heteroatoms. The van der Waals surface area contributed by atoms with Gasteiger partial charge in [0, 0.05) is 32.7 Å². The predicted octanol–water partition coefficient (Wildman–Crippen LogP) is 2.82. The van der Waals surface area contributed by atoms with Gasteiger partial charge in [-0.15, -0.1) is 11.3 Å². The summed E-state index contributed by atoms with van der Waals surface area (Å²) < 4.78 is 0.678. The van der Waals surface area contributed by atoms with E-state index in [1.54, 1.807) is 6.07 Å². The maximum absolute atomic E-state index is 12.2. The second-order valence-electron chi connectivity index (χ2n) is 5.09. The number of carbonyl (C=O) groups is 1. The molecular formula is C13H19ClN2OS. The number of thiophene rings is 1. The lowest BCUT2D eigenvalue weighted by Gasteiger charge is -2.35. The Morgan fingerprint density at radius 2 is 2.00 bits per heavy atom. The van der Waals surface area contributed by atoms with Crippen LogP contribution in [0.25, 0.3) is 0 Å². The first-order chi connectivity index (χ1) is 8.56. The molecule has 0 aliphatic carbocycles. The van der Waals surface area contributed by atoms with Gasteiger partial charge in [0.25, 0.3) is 5.91 Å². The lowest BCUT2D eigenvalue weighted by atomic mass is 10.2. The van der Waals surface area contributed by atoms with E-state index in [0.29, 0.717) is 10.3 Å². The summed E-state index contributed by atoms with van der Waals surface area (Å²) in [5.41, 5.74) is 0. The molecule has 1 aliphatic rings. The number of amides is 1. The van der Waals surface area contributed by atoms with Gasteiger partial charge in [0.15, 0.2) is 0 Å². The Labute approximate surface area is 117 Å². The fourth-order valence-electron chi connectivity index (χ4n) is 2.24. The minimum atomic E-state index is 0.121. The highest BCUT2D eigenvalue weighted by atomic mass is 35.5. The number of carbonyl (C=O) groups excluding carboxylic acids is 1.